The van der Waals surface area contributed by atoms with Gasteiger partial charge in [0.25, 0.3) is 0 Å². The van der Waals surface area contributed by atoms with Gasteiger partial charge >= 0.3 is 6.03 Å². The van der Waals surface area contributed by atoms with Crippen molar-refractivity contribution in [3.8, 4) is 11.5 Å². The fourth-order valence-electron chi connectivity index (χ4n) is 3.20. The van der Waals surface area contributed by atoms with Gasteiger partial charge in [0.15, 0.2) is 0 Å². The topological polar surface area (TPSA) is 62.8 Å². The molecule has 6 nitrogen and oxygen atoms in total. The van der Waals surface area contributed by atoms with Gasteiger partial charge in [-0.3, -0.25) is 4.90 Å². The second-order valence-electron chi connectivity index (χ2n) is 6.32. The van der Waals surface area contributed by atoms with E-state index in [4.69, 9.17) is 9.47 Å². The lowest BCUT2D eigenvalue weighted by molar-refractivity contribution is 0.184. The van der Waals surface area contributed by atoms with E-state index in [-0.39, 0.29) is 12.1 Å². The minimum atomic E-state index is -0.223. The summed E-state index contributed by atoms with van der Waals surface area (Å²) < 4.78 is 10.5. The highest BCUT2D eigenvalue weighted by Crippen LogP contribution is 2.28. The van der Waals surface area contributed by atoms with Gasteiger partial charge in [0.05, 0.1) is 19.9 Å². The highest BCUT2D eigenvalue weighted by atomic mass is 32.1. The van der Waals surface area contributed by atoms with Crippen molar-refractivity contribution in [2.24, 2.45) is 0 Å². The summed E-state index contributed by atoms with van der Waals surface area (Å²) in [5.41, 5.74) is 0.593. The number of anilines is 1. The monoisotopic (exact) mass is 375 g/mol. The number of thiophene rings is 1. The number of carbonyl (C=O) groups excluding carboxylic acids is 1. The van der Waals surface area contributed by atoms with Gasteiger partial charge in [0, 0.05) is 30.1 Å². The highest BCUT2D eigenvalue weighted by molar-refractivity contribution is 7.09. The first kappa shape index (κ1) is 18.5. The van der Waals surface area contributed by atoms with Gasteiger partial charge in [-0.05, 0) is 43.0 Å². The summed E-state index contributed by atoms with van der Waals surface area (Å²) in [5, 5.41) is 8.05. The number of rotatable bonds is 6. The zero-order valence-electron chi connectivity index (χ0n) is 15.2. The van der Waals surface area contributed by atoms with Crippen molar-refractivity contribution in [1.29, 1.82) is 0 Å². The van der Waals surface area contributed by atoms with Crippen molar-refractivity contribution < 1.29 is 14.3 Å². The van der Waals surface area contributed by atoms with Crippen LogP contribution < -0.4 is 20.1 Å². The Morgan fingerprint density at radius 1 is 1.31 bits per heavy atom. The first-order valence-electron chi connectivity index (χ1n) is 8.72. The van der Waals surface area contributed by atoms with Crippen molar-refractivity contribution in [2.45, 2.75) is 25.4 Å². The Kier molecular flexibility index (Phi) is 6.35. The number of urea groups is 1. The molecular formula is C19H25N3O3S. The van der Waals surface area contributed by atoms with Crippen LogP contribution in [0.15, 0.2) is 35.7 Å². The molecule has 1 aromatic heterocycles. The maximum absolute atomic E-state index is 12.4. The molecule has 2 aromatic rings. The summed E-state index contributed by atoms with van der Waals surface area (Å²) in [6, 6.07) is 9.48. The Morgan fingerprint density at radius 3 is 2.92 bits per heavy atom. The Balaban J connectivity index is 1.56. The molecule has 2 amide bonds. The zero-order valence-corrected chi connectivity index (χ0v) is 16.0. The van der Waals surface area contributed by atoms with Crippen LogP contribution in [0.1, 0.15) is 17.7 Å². The number of piperidine rings is 1. The van der Waals surface area contributed by atoms with E-state index in [9.17, 15) is 4.79 Å². The van der Waals surface area contributed by atoms with Crippen molar-refractivity contribution in [3.05, 3.63) is 40.6 Å². The Labute approximate surface area is 158 Å². The largest absolute Gasteiger partial charge is 0.497 e. The molecule has 2 heterocycles. The predicted molar refractivity (Wildman–Crippen MR) is 104 cm³/mol. The number of hydrogen-bond donors (Lipinski definition) is 2. The van der Waals surface area contributed by atoms with E-state index in [1.54, 1.807) is 43.8 Å². The summed E-state index contributed by atoms with van der Waals surface area (Å²) in [6.07, 6.45) is 2.07. The molecule has 0 bridgehead atoms. The molecule has 7 heteroatoms. The minimum Gasteiger partial charge on any atom is -0.497 e. The quantitative estimate of drug-likeness (QED) is 0.810. The molecule has 1 saturated heterocycles. The highest BCUT2D eigenvalue weighted by Gasteiger charge is 2.22. The minimum absolute atomic E-state index is 0.139. The van der Waals surface area contributed by atoms with Crippen LogP contribution in [0.5, 0.6) is 11.5 Å². The van der Waals surface area contributed by atoms with Crippen LogP contribution in [-0.2, 0) is 6.54 Å². The Hall–Kier alpha value is -2.25. The Bertz CT molecular complexity index is 721. The molecule has 1 atom stereocenters. The van der Waals surface area contributed by atoms with Gasteiger partial charge in [0.2, 0.25) is 0 Å². The molecule has 0 spiro atoms. The van der Waals surface area contributed by atoms with Crippen molar-refractivity contribution >= 4 is 23.1 Å². The molecule has 26 heavy (non-hydrogen) atoms. The van der Waals surface area contributed by atoms with E-state index in [1.165, 1.54) is 4.88 Å². The van der Waals surface area contributed by atoms with Crippen LogP contribution in [0.3, 0.4) is 0 Å². The van der Waals surface area contributed by atoms with Crippen LogP contribution >= 0.6 is 11.3 Å². The SMILES string of the molecule is COc1ccc(OC)c(NC(=O)NC2CCCN(Cc3cccs3)C2)c1. The van der Waals surface area contributed by atoms with E-state index >= 15 is 0 Å². The first-order valence-corrected chi connectivity index (χ1v) is 9.60. The lowest BCUT2D eigenvalue weighted by atomic mass is 10.1. The second-order valence-corrected chi connectivity index (χ2v) is 7.35. The van der Waals surface area contributed by atoms with Crippen molar-refractivity contribution in [2.75, 3.05) is 32.6 Å². The van der Waals surface area contributed by atoms with Gasteiger partial charge in [-0.1, -0.05) is 6.07 Å². The maximum Gasteiger partial charge on any atom is 0.319 e. The van der Waals surface area contributed by atoms with E-state index < -0.39 is 0 Å². The van der Waals surface area contributed by atoms with Crippen LogP contribution in [-0.4, -0.2) is 44.3 Å². The number of nitrogens with zero attached hydrogens (tertiary/aromatic N) is 1. The number of hydrogen-bond acceptors (Lipinski definition) is 5. The number of nitrogens with one attached hydrogen (secondary N) is 2. The summed E-state index contributed by atoms with van der Waals surface area (Å²) in [4.78, 5) is 16.2. The number of methoxy groups -OCH3 is 2. The van der Waals surface area contributed by atoms with Gasteiger partial charge < -0.3 is 20.1 Å². The van der Waals surface area contributed by atoms with E-state index in [1.807, 2.05) is 0 Å². The lowest BCUT2D eigenvalue weighted by Crippen LogP contribution is -2.48. The van der Waals surface area contributed by atoms with E-state index in [2.05, 4.69) is 33.0 Å². The van der Waals surface area contributed by atoms with E-state index in [0.717, 1.165) is 32.5 Å². The fraction of sp³-hybridized carbons (Fsp3) is 0.421. The molecule has 2 N–H and O–H groups in total. The third-order valence-corrected chi connectivity index (χ3v) is 5.32. The van der Waals surface area contributed by atoms with Crippen molar-refractivity contribution in [3.63, 3.8) is 0 Å². The van der Waals surface area contributed by atoms with Crippen LogP contribution in [0.2, 0.25) is 0 Å². The molecule has 1 aliphatic rings. The van der Waals surface area contributed by atoms with Crippen LogP contribution in [0.25, 0.3) is 0 Å². The number of amides is 2. The van der Waals surface area contributed by atoms with Crippen molar-refractivity contribution in [1.82, 2.24) is 10.2 Å². The first-order chi connectivity index (χ1) is 12.7. The molecule has 1 fully saturated rings. The zero-order chi connectivity index (χ0) is 18.4. The summed E-state index contributed by atoms with van der Waals surface area (Å²) in [7, 11) is 3.17. The molecule has 140 valence electrons. The molecule has 0 radical (unpaired) electrons. The number of benzene rings is 1. The molecule has 1 unspecified atom stereocenters. The van der Waals surface area contributed by atoms with Gasteiger partial charge in [-0.2, -0.15) is 0 Å². The van der Waals surface area contributed by atoms with E-state index in [0.29, 0.717) is 17.2 Å². The normalized spacial score (nSPS) is 17.5. The third kappa shape index (κ3) is 4.89. The average molecular weight is 375 g/mol. The predicted octanol–water partition coefficient (Wildman–Crippen LogP) is 3.55. The van der Waals surface area contributed by atoms with Crippen LogP contribution in [0.4, 0.5) is 10.5 Å². The molecule has 0 saturated carbocycles. The Morgan fingerprint density at radius 2 is 2.19 bits per heavy atom. The average Bonchev–Trinajstić information content (AvgIpc) is 3.14. The van der Waals surface area contributed by atoms with Gasteiger partial charge in [-0.15, -0.1) is 11.3 Å². The molecule has 0 aliphatic carbocycles. The van der Waals surface area contributed by atoms with Gasteiger partial charge in [-0.25, -0.2) is 4.79 Å². The maximum atomic E-state index is 12.4. The number of likely N-dealkylation sites (tertiary alicyclic amines) is 1. The third-order valence-electron chi connectivity index (χ3n) is 4.46. The second kappa shape index (κ2) is 8.91. The molecular weight excluding hydrogens is 350 g/mol. The number of ether oxygens (including phenoxy) is 2. The number of carbonyl (C=O) groups is 1. The van der Waals surface area contributed by atoms with Crippen LogP contribution in [0, 0.1) is 0 Å². The molecule has 3 rings (SSSR count). The summed E-state index contributed by atoms with van der Waals surface area (Å²) in [5.74, 6) is 1.27. The lowest BCUT2D eigenvalue weighted by Gasteiger charge is -2.32. The molecule has 1 aromatic carbocycles. The summed E-state index contributed by atoms with van der Waals surface area (Å²) >= 11 is 1.77. The van der Waals surface area contributed by atoms with Gasteiger partial charge in [0.1, 0.15) is 11.5 Å². The summed E-state index contributed by atoms with van der Waals surface area (Å²) in [6.45, 7) is 2.88. The standard InChI is InChI=1S/C19H25N3O3S/c1-24-15-7-8-18(25-2)17(11-15)21-19(23)20-14-5-3-9-22(12-14)13-16-6-4-10-26-16/h4,6-8,10-11,14H,3,5,9,12-13H2,1-2H3,(H2,20,21,23). The molecule has 1 aliphatic heterocycles. The smallest absolute Gasteiger partial charge is 0.319 e. The fourth-order valence-corrected chi connectivity index (χ4v) is 3.94.